The fraction of sp³-hybridized carbons (Fsp3) is 0.800. The van der Waals surface area contributed by atoms with Crippen LogP contribution in [0.2, 0.25) is 0 Å². The van der Waals surface area contributed by atoms with E-state index in [4.69, 9.17) is 26.7 Å². The minimum absolute atomic E-state index is 0.464. The Bertz CT molecular complexity index is 130. The molecule has 1 unspecified atom stereocenters. The van der Waals surface area contributed by atoms with Crippen molar-refractivity contribution in [3.63, 3.8) is 0 Å². The second-order valence-corrected chi connectivity index (χ2v) is 1.96. The molecule has 0 aliphatic heterocycles. The first-order valence-corrected chi connectivity index (χ1v) is 3.25. The highest BCUT2D eigenvalue weighted by atomic mass is 16.6. The first-order chi connectivity index (χ1) is 5.59. The molecule has 0 heterocycles. The van der Waals surface area contributed by atoms with Crippen LogP contribution in [0.5, 0.6) is 0 Å². The fourth-order valence-corrected chi connectivity index (χ4v) is 0.461. The van der Waals surface area contributed by atoms with Gasteiger partial charge in [0.1, 0.15) is 6.04 Å². The number of carboxylic acid groups (broad SMARTS) is 1. The second kappa shape index (κ2) is 9.79. The zero-order valence-electron chi connectivity index (χ0n) is 6.51. The van der Waals surface area contributed by atoms with E-state index in [2.05, 4.69) is 0 Å². The number of aliphatic carboxylic acids is 1. The third kappa shape index (κ3) is 11.6. The summed E-state index contributed by atoms with van der Waals surface area (Å²) in [5, 5.41) is 16.1. The topological polar surface area (TPSA) is 139 Å². The van der Waals surface area contributed by atoms with Gasteiger partial charge in [0, 0.05) is 0 Å². The van der Waals surface area contributed by atoms with Crippen LogP contribution in [-0.2, 0) is 4.79 Å². The van der Waals surface area contributed by atoms with Gasteiger partial charge in [0.2, 0.25) is 0 Å². The summed E-state index contributed by atoms with van der Waals surface area (Å²) < 4.78 is 0. The van der Waals surface area contributed by atoms with E-state index in [1.807, 2.05) is 0 Å². The van der Waals surface area contributed by atoms with Gasteiger partial charge in [-0.3, -0.25) is 4.79 Å². The SMILES string of the molecule is NCCCC(N)C(=O)O.O=NO. The van der Waals surface area contributed by atoms with E-state index in [0.29, 0.717) is 19.4 Å². The van der Waals surface area contributed by atoms with Crippen molar-refractivity contribution >= 4 is 5.97 Å². The number of nitrogens with two attached hydrogens (primary N) is 2. The number of hydrogen-bond acceptors (Lipinski definition) is 5. The molecule has 0 aromatic carbocycles. The van der Waals surface area contributed by atoms with E-state index in [1.165, 1.54) is 5.34 Å². The molecule has 7 heteroatoms. The van der Waals surface area contributed by atoms with Gasteiger partial charge in [0.05, 0.1) is 0 Å². The minimum Gasteiger partial charge on any atom is -0.480 e. The van der Waals surface area contributed by atoms with Gasteiger partial charge >= 0.3 is 5.97 Å². The van der Waals surface area contributed by atoms with Crippen LogP contribution in [0.15, 0.2) is 5.34 Å². The summed E-state index contributed by atoms with van der Waals surface area (Å²) in [4.78, 5) is 18.2. The Morgan fingerprint density at radius 3 is 2.25 bits per heavy atom. The van der Waals surface area contributed by atoms with Gasteiger partial charge in [0.25, 0.3) is 0 Å². The maximum absolute atomic E-state index is 10.0. The van der Waals surface area contributed by atoms with Gasteiger partial charge in [-0.2, -0.15) is 0 Å². The van der Waals surface area contributed by atoms with E-state index < -0.39 is 12.0 Å². The van der Waals surface area contributed by atoms with Gasteiger partial charge in [-0.05, 0) is 19.4 Å². The Balaban J connectivity index is 0. The van der Waals surface area contributed by atoms with Crippen LogP contribution in [0.4, 0.5) is 0 Å². The molecule has 0 amide bonds. The van der Waals surface area contributed by atoms with E-state index >= 15 is 0 Å². The Kier molecular flexibility index (Phi) is 10.9. The molecule has 0 aromatic heterocycles. The highest BCUT2D eigenvalue weighted by molar-refractivity contribution is 5.72. The molecule has 0 spiro atoms. The van der Waals surface area contributed by atoms with Crippen molar-refractivity contribution < 1.29 is 15.1 Å². The quantitative estimate of drug-likeness (QED) is 0.331. The summed E-state index contributed by atoms with van der Waals surface area (Å²) in [6.45, 7) is 0.501. The van der Waals surface area contributed by atoms with Gasteiger partial charge in [-0.25, -0.2) is 0 Å². The monoisotopic (exact) mass is 179 g/mol. The van der Waals surface area contributed by atoms with Gasteiger partial charge < -0.3 is 21.8 Å². The first-order valence-electron chi connectivity index (χ1n) is 3.25. The Morgan fingerprint density at radius 2 is 2.00 bits per heavy atom. The molecule has 0 bridgehead atoms. The summed E-state index contributed by atoms with van der Waals surface area (Å²) in [5.74, 6) is -0.955. The lowest BCUT2D eigenvalue weighted by Crippen LogP contribution is -2.30. The Labute approximate surface area is 69.3 Å². The molecular formula is C5H13N3O4. The van der Waals surface area contributed by atoms with Crippen LogP contribution in [-0.4, -0.2) is 28.9 Å². The van der Waals surface area contributed by atoms with Crippen molar-refractivity contribution in [1.82, 2.24) is 0 Å². The molecular weight excluding hydrogens is 166 g/mol. The van der Waals surface area contributed by atoms with Crippen molar-refractivity contribution in [2.75, 3.05) is 6.54 Å². The van der Waals surface area contributed by atoms with Crippen LogP contribution >= 0.6 is 0 Å². The van der Waals surface area contributed by atoms with E-state index in [9.17, 15) is 4.79 Å². The molecule has 0 aliphatic carbocycles. The molecule has 0 radical (unpaired) electrons. The average molecular weight is 179 g/mol. The highest BCUT2D eigenvalue weighted by Crippen LogP contribution is 1.91. The predicted molar refractivity (Wildman–Crippen MR) is 41.5 cm³/mol. The summed E-state index contributed by atoms with van der Waals surface area (Å²) in [7, 11) is 0. The molecule has 0 saturated carbocycles. The standard InChI is InChI=1S/C5H12N2O2.HNO2/c6-3-1-2-4(7)5(8)9;2-1-3/h4H,1-3,6-7H2,(H,8,9);(H,2,3). The molecule has 12 heavy (non-hydrogen) atoms. The molecule has 0 saturated heterocycles. The first kappa shape index (κ1) is 13.4. The fourth-order valence-electron chi connectivity index (χ4n) is 0.461. The van der Waals surface area contributed by atoms with Crippen molar-refractivity contribution in [1.29, 1.82) is 0 Å². The van der Waals surface area contributed by atoms with Crippen LogP contribution < -0.4 is 11.5 Å². The minimum atomic E-state index is -0.955. The van der Waals surface area contributed by atoms with Crippen LogP contribution in [0.25, 0.3) is 0 Å². The molecule has 72 valence electrons. The molecule has 7 nitrogen and oxygen atoms in total. The predicted octanol–water partition coefficient (Wildman–Crippen LogP) is -0.721. The number of carboxylic acids is 1. The highest BCUT2D eigenvalue weighted by Gasteiger charge is 2.08. The average Bonchev–Trinajstić information content (AvgIpc) is 2.01. The van der Waals surface area contributed by atoms with Crippen LogP contribution in [0.3, 0.4) is 0 Å². The zero-order valence-corrected chi connectivity index (χ0v) is 6.51. The summed E-state index contributed by atoms with van der Waals surface area (Å²) in [5.41, 5.74) is 10.3. The summed E-state index contributed by atoms with van der Waals surface area (Å²) in [6.07, 6.45) is 1.14. The van der Waals surface area contributed by atoms with E-state index in [1.54, 1.807) is 0 Å². The molecule has 0 aromatic rings. The number of rotatable bonds is 4. The Morgan fingerprint density at radius 1 is 1.58 bits per heavy atom. The molecule has 0 fully saturated rings. The third-order valence-corrected chi connectivity index (χ3v) is 1.04. The normalized spacial score (nSPS) is 10.8. The lowest BCUT2D eigenvalue weighted by Gasteiger charge is -2.02. The van der Waals surface area contributed by atoms with Crippen LogP contribution in [0.1, 0.15) is 12.8 Å². The number of carbonyl (C=O) groups is 1. The lowest BCUT2D eigenvalue weighted by molar-refractivity contribution is -0.138. The molecule has 0 rings (SSSR count). The molecule has 0 aliphatic rings. The number of nitrogens with zero attached hydrogens (tertiary/aromatic N) is 1. The second-order valence-electron chi connectivity index (χ2n) is 1.96. The van der Waals surface area contributed by atoms with Crippen molar-refractivity contribution in [3.8, 4) is 0 Å². The van der Waals surface area contributed by atoms with Gasteiger partial charge in [-0.15, -0.1) is 4.91 Å². The third-order valence-electron chi connectivity index (χ3n) is 1.04. The zero-order chi connectivity index (χ0) is 9.98. The van der Waals surface area contributed by atoms with Crippen molar-refractivity contribution in [2.45, 2.75) is 18.9 Å². The lowest BCUT2D eigenvalue weighted by atomic mass is 10.2. The maximum Gasteiger partial charge on any atom is 0.320 e. The van der Waals surface area contributed by atoms with E-state index in [-0.39, 0.29) is 0 Å². The Hall–Kier alpha value is -1.21. The van der Waals surface area contributed by atoms with Gasteiger partial charge in [0.15, 0.2) is 5.34 Å². The van der Waals surface area contributed by atoms with Crippen molar-refractivity contribution in [3.05, 3.63) is 4.91 Å². The summed E-state index contributed by atoms with van der Waals surface area (Å²) >= 11 is 0. The largest absolute Gasteiger partial charge is 0.480 e. The summed E-state index contributed by atoms with van der Waals surface area (Å²) in [6, 6.07) is -0.742. The smallest absolute Gasteiger partial charge is 0.320 e. The molecule has 1 atom stereocenters. The molecule has 6 N–H and O–H groups in total. The van der Waals surface area contributed by atoms with Crippen LogP contribution in [0, 0.1) is 4.91 Å². The van der Waals surface area contributed by atoms with Crippen molar-refractivity contribution in [2.24, 2.45) is 16.8 Å². The number of hydrogen-bond donors (Lipinski definition) is 4. The van der Waals surface area contributed by atoms with Gasteiger partial charge in [-0.1, -0.05) is 0 Å². The maximum atomic E-state index is 10.0. The van der Waals surface area contributed by atoms with E-state index in [0.717, 1.165) is 0 Å².